The molecule has 3 rings (SSSR count). The third-order valence-electron chi connectivity index (χ3n) is 2.90. The summed E-state index contributed by atoms with van der Waals surface area (Å²) < 4.78 is 11.5. The van der Waals surface area contributed by atoms with Gasteiger partial charge in [0.2, 0.25) is 0 Å². The van der Waals surface area contributed by atoms with Crippen LogP contribution in [0, 0.1) is 0 Å². The molecular formula is C13H11N3O3. The fraction of sp³-hybridized carbons (Fsp3) is 0.154. The Balaban J connectivity index is 2.19. The number of methoxy groups -OCH3 is 1. The summed E-state index contributed by atoms with van der Waals surface area (Å²) in [5.74, 6) is -0.382. The molecule has 0 radical (unpaired) electrons. The number of aromatic nitrogens is 3. The number of ether oxygens (including phenoxy) is 1. The van der Waals surface area contributed by atoms with Crippen LogP contribution in [-0.4, -0.2) is 21.6 Å². The number of aryl methyl sites for hydroxylation is 1. The molecule has 0 N–H and O–H groups in total. The predicted octanol–water partition coefficient (Wildman–Crippen LogP) is 1.60. The van der Waals surface area contributed by atoms with Crippen molar-refractivity contribution in [3.63, 3.8) is 0 Å². The molecule has 0 saturated carbocycles. The van der Waals surface area contributed by atoms with Crippen LogP contribution in [0.2, 0.25) is 0 Å². The zero-order chi connectivity index (χ0) is 13.4. The first-order chi connectivity index (χ1) is 9.19. The highest BCUT2D eigenvalue weighted by Gasteiger charge is 2.08. The van der Waals surface area contributed by atoms with Crippen molar-refractivity contribution in [3.8, 4) is 17.3 Å². The molecule has 3 aromatic rings. The van der Waals surface area contributed by atoms with Gasteiger partial charge in [0.15, 0.2) is 5.58 Å². The monoisotopic (exact) mass is 257 g/mol. The number of fused-ring (bicyclic) bond motifs is 1. The van der Waals surface area contributed by atoms with E-state index in [-0.39, 0.29) is 5.76 Å². The molecule has 2 heterocycles. The second-order valence-electron chi connectivity index (χ2n) is 4.04. The maximum absolute atomic E-state index is 11.4. The molecular weight excluding hydrogens is 246 g/mol. The Bertz CT molecular complexity index is 804. The molecule has 0 fully saturated rings. The zero-order valence-corrected chi connectivity index (χ0v) is 10.5. The average Bonchev–Trinajstić information content (AvgIpc) is 2.74. The van der Waals surface area contributed by atoms with Crippen molar-refractivity contribution in [2.45, 2.75) is 0 Å². The molecule has 0 saturated heterocycles. The van der Waals surface area contributed by atoms with Gasteiger partial charge in [0.1, 0.15) is 0 Å². The average molecular weight is 257 g/mol. The zero-order valence-electron chi connectivity index (χ0n) is 10.5. The lowest BCUT2D eigenvalue weighted by Crippen LogP contribution is -2.08. The Hall–Kier alpha value is -2.63. The molecule has 2 aromatic heterocycles. The van der Waals surface area contributed by atoms with Gasteiger partial charge in [-0.1, -0.05) is 0 Å². The van der Waals surface area contributed by atoms with Crippen molar-refractivity contribution in [2.24, 2.45) is 7.05 Å². The fourth-order valence-corrected chi connectivity index (χ4v) is 1.89. The number of nitrogens with zero attached hydrogens (tertiary/aromatic N) is 3. The van der Waals surface area contributed by atoms with Crippen molar-refractivity contribution >= 4 is 11.1 Å². The first kappa shape index (κ1) is 11.5. The standard InChI is InChI=1S/C13H11N3O3/c1-16-10-7-8(3-4-11(10)19-13(16)17)9-5-6-14-12(15-9)18-2/h3-7H,1-2H3. The van der Waals surface area contributed by atoms with E-state index in [1.165, 1.54) is 11.7 Å². The minimum absolute atomic E-state index is 0.304. The number of hydrogen-bond donors (Lipinski definition) is 0. The van der Waals surface area contributed by atoms with E-state index in [9.17, 15) is 4.79 Å². The summed E-state index contributed by atoms with van der Waals surface area (Å²) in [6, 6.07) is 7.52. The van der Waals surface area contributed by atoms with Gasteiger partial charge in [0.25, 0.3) is 0 Å². The van der Waals surface area contributed by atoms with E-state index in [0.29, 0.717) is 11.6 Å². The van der Waals surface area contributed by atoms with Gasteiger partial charge in [0.05, 0.1) is 18.3 Å². The molecule has 0 aliphatic rings. The Kier molecular flexibility index (Phi) is 2.56. The van der Waals surface area contributed by atoms with E-state index in [0.717, 1.165) is 16.8 Å². The fourth-order valence-electron chi connectivity index (χ4n) is 1.89. The highest BCUT2D eigenvalue weighted by atomic mass is 16.5. The topological polar surface area (TPSA) is 70.2 Å². The van der Waals surface area contributed by atoms with Crippen LogP contribution >= 0.6 is 0 Å². The lowest BCUT2D eigenvalue weighted by molar-refractivity contribution is 0.380. The predicted molar refractivity (Wildman–Crippen MR) is 69.0 cm³/mol. The number of oxazole rings is 1. The molecule has 96 valence electrons. The van der Waals surface area contributed by atoms with Crippen LogP contribution in [0.25, 0.3) is 22.4 Å². The van der Waals surface area contributed by atoms with Crippen LogP contribution in [0.3, 0.4) is 0 Å². The van der Waals surface area contributed by atoms with E-state index < -0.39 is 0 Å². The molecule has 0 aliphatic heterocycles. The second kappa shape index (κ2) is 4.24. The van der Waals surface area contributed by atoms with Crippen molar-refractivity contribution < 1.29 is 9.15 Å². The van der Waals surface area contributed by atoms with Gasteiger partial charge < -0.3 is 9.15 Å². The Morgan fingerprint density at radius 1 is 1.32 bits per heavy atom. The van der Waals surface area contributed by atoms with Crippen LogP contribution in [0.15, 0.2) is 39.7 Å². The molecule has 1 aromatic carbocycles. The lowest BCUT2D eigenvalue weighted by Gasteiger charge is -2.03. The third-order valence-corrected chi connectivity index (χ3v) is 2.90. The van der Waals surface area contributed by atoms with Crippen LogP contribution < -0.4 is 10.5 Å². The summed E-state index contributed by atoms with van der Waals surface area (Å²) in [4.78, 5) is 19.7. The van der Waals surface area contributed by atoms with Gasteiger partial charge in [-0.15, -0.1) is 0 Å². The highest BCUT2D eigenvalue weighted by Crippen LogP contribution is 2.22. The minimum Gasteiger partial charge on any atom is -0.467 e. The van der Waals surface area contributed by atoms with E-state index in [4.69, 9.17) is 9.15 Å². The molecule has 0 atom stereocenters. The van der Waals surface area contributed by atoms with Gasteiger partial charge in [-0.25, -0.2) is 9.78 Å². The molecule has 6 heteroatoms. The molecule has 0 bridgehead atoms. The largest absolute Gasteiger partial charge is 0.467 e. The van der Waals surface area contributed by atoms with Crippen LogP contribution in [0.1, 0.15) is 0 Å². The molecule has 0 aliphatic carbocycles. The van der Waals surface area contributed by atoms with Crippen LogP contribution in [-0.2, 0) is 7.05 Å². The first-order valence-corrected chi connectivity index (χ1v) is 5.66. The Morgan fingerprint density at radius 3 is 2.95 bits per heavy atom. The summed E-state index contributed by atoms with van der Waals surface area (Å²) in [5, 5.41) is 0. The number of rotatable bonds is 2. The maximum Gasteiger partial charge on any atom is 0.419 e. The van der Waals surface area contributed by atoms with Crippen molar-refractivity contribution in [1.29, 1.82) is 0 Å². The SMILES string of the molecule is COc1nccc(-c2ccc3oc(=O)n(C)c3c2)n1. The first-order valence-electron chi connectivity index (χ1n) is 5.66. The minimum atomic E-state index is -0.382. The third kappa shape index (κ3) is 1.87. The number of hydrogen-bond acceptors (Lipinski definition) is 5. The molecule has 0 spiro atoms. The molecule has 0 amide bonds. The van der Waals surface area contributed by atoms with Crippen LogP contribution in [0.4, 0.5) is 0 Å². The van der Waals surface area contributed by atoms with E-state index in [1.54, 1.807) is 25.4 Å². The summed E-state index contributed by atoms with van der Waals surface area (Å²) in [6.45, 7) is 0. The van der Waals surface area contributed by atoms with Crippen molar-refractivity contribution in [1.82, 2.24) is 14.5 Å². The van der Waals surface area contributed by atoms with E-state index in [2.05, 4.69) is 9.97 Å². The molecule has 19 heavy (non-hydrogen) atoms. The quantitative estimate of drug-likeness (QED) is 0.697. The van der Waals surface area contributed by atoms with Crippen LogP contribution in [0.5, 0.6) is 6.01 Å². The van der Waals surface area contributed by atoms with Gasteiger partial charge in [0, 0.05) is 18.8 Å². The maximum atomic E-state index is 11.4. The highest BCUT2D eigenvalue weighted by molar-refractivity contribution is 5.79. The Morgan fingerprint density at radius 2 is 2.16 bits per heavy atom. The normalized spacial score (nSPS) is 10.8. The van der Waals surface area contributed by atoms with E-state index in [1.807, 2.05) is 12.1 Å². The van der Waals surface area contributed by atoms with E-state index >= 15 is 0 Å². The van der Waals surface area contributed by atoms with Gasteiger partial charge >= 0.3 is 11.8 Å². The molecule has 0 unspecified atom stereocenters. The van der Waals surface area contributed by atoms with Crippen molar-refractivity contribution in [3.05, 3.63) is 41.0 Å². The summed E-state index contributed by atoms with van der Waals surface area (Å²) in [5.41, 5.74) is 2.87. The van der Waals surface area contributed by atoms with Gasteiger partial charge in [-0.3, -0.25) is 4.57 Å². The van der Waals surface area contributed by atoms with Crippen molar-refractivity contribution in [2.75, 3.05) is 7.11 Å². The summed E-state index contributed by atoms with van der Waals surface area (Å²) in [7, 11) is 3.18. The van der Waals surface area contributed by atoms with Gasteiger partial charge in [-0.2, -0.15) is 4.98 Å². The summed E-state index contributed by atoms with van der Waals surface area (Å²) in [6.07, 6.45) is 1.62. The Labute approximate surface area is 108 Å². The molecule has 6 nitrogen and oxygen atoms in total. The second-order valence-corrected chi connectivity index (χ2v) is 4.04. The summed E-state index contributed by atoms with van der Waals surface area (Å²) >= 11 is 0. The van der Waals surface area contributed by atoms with Gasteiger partial charge in [-0.05, 0) is 24.3 Å². The number of benzene rings is 1. The smallest absolute Gasteiger partial charge is 0.419 e. The lowest BCUT2D eigenvalue weighted by atomic mass is 10.1.